The summed E-state index contributed by atoms with van der Waals surface area (Å²) < 4.78 is 5.51. The lowest BCUT2D eigenvalue weighted by Crippen LogP contribution is -1.96. The first kappa shape index (κ1) is 13.9. The van der Waals surface area contributed by atoms with Crippen molar-refractivity contribution in [2.45, 2.75) is 33.1 Å². The lowest BCUT2D eigenvalue weighted by atomic mass is 10.0. The van der Waals surface area contributed by atoms with Crippen LogP contribution in [0.1, 0.15) is 37.9 Å². The predicted octanol–water partition coefficient (Wildman–Crippen LogP) is 4.63. The van der Waals surface area contributed by atoms with Crippen LogP contribution in [0.2, 0.25) is 0 Å². The molecule has 0 atom stereocenters. The van der Waals surface area contributed by atoms with Gasteiger partial charge in [-0.15, -0.1) is 5.10 Å². The van der Waals surface area contributed by atoms with Crippen LogP contribution in [0.25, 0.3) is 22.4 Å². The summed E-state index contributed by atoms with van der Waals surface area (Å²) in [6.45, 7) is 6.38. The Morgan fingerprint density at radius 2 is 2.10 bits per heavy atom. The number of H-pyrrole nitrogens is 1. The van der Waals surface area contributed by atoms with Crippen LogP contribution in [0.3, 0.4) is 0 Å². The molecule has 0 unspecified atom stereocenters. The topological polar surface area (TPSA) is 54.7 Å². The quantitative estimate of drug-likeness (QED) is 0.716. The van der Waals surface area contributed by atoms with Gasteiger partial charge in [0.25, 0.3) is 4.84 Å². The van der Waals surface area contributed by atoms with Crippen molar-refractivity contribution in [1.82, 2.24) is 15.2 Å². The summed E-state index contributed by atoms with van der Waals surface area (Å²) in [5.74, 6) is 0.850. The highest BCUT2D eigenvalue weighted by atomic mass is 32.1. The van der Waals surface area contributed by atoms with E-state index in [1.807, 2.05) is 6.07 Å². The third-order valence-corrected chi connectivity index (χ3v) is 3.74. The van der Waals surface area contributed by atoms with Crippen molar-refractivity contribution < 1.29 is 4.42 Å². The number of aromatic amines is 1. The molecule has 21 heavy (non-hydrogen) atoms. The summed E-state index contributed by atoms with van der Waals surface area (Å²) in [6, 6.07) is 8.37. The molecule has 0 spiro atoms. The molecule has 3 rings (SSSR count). The Balaban J connectivity index is 2.34. The van der Waals surface area contributed by atoms with Gasteiger partial charge in [-0.05, 0) is 48.3 Å². The maximum Gasteiger partial charge on any atom is 0.284 e. The standard InChI is InChI=1S/C16H17N3OS/c1-4-10-5-6-13-11(7-10)12(8-14(17-13)9(2)3)15-18-19-16(21)20-15/h5-9H,4H2,1-3H3,(H,19,21). The smallest absolute Gasteiger partial charge is 0.284 e. The first-order chi connectivity index (χ1) is 10.1. The van der Waals surface area contributed by atoms with Gasteiger partial charge >= 0.3 is 0 Å². The van der Waals surface area contributed by atoms with E-state index in [0.29, 0.717) is 11.8 Å². The van der Waals surface area contributed by atoms with E-state index in [1.54, 1.807) is 0 Å². The van der Waals surface area contributed by atoms with Crippen LogP contribution >= 0.6 is 12.2 Å². The Kier molecular flexibility index (Phi) is 3.59. The fourth-order valence-electron chi connectivity index (χ4n) is 2.33. The van der Waals surface area contributed by atoms with Crippen LogP contribution in [-0.2, 0) is 6.42 Å². The molecule has 4 nitrogen and oxygen atoms in total. The van der Waals surface area contributed by atoms with E-state index in [-0.39, 0.29) is 4.84 Å². The van der Waals surface area contributed by atoms with Gasteiger partial charge in [-0.1, -0.05) is 26.8 Å². The molecule has 2 aromatic heterocycles. The minimum absolute atomic E-state index is 0.285. The number of benzene rings is 1. The van der Waals surface area contributed by atoms with Crippen LogP contribution in [0.5, 0.6) is 0 Å². The Labute approximate surface area is 128 Å². The third-order valence-electron chi connectivity index (χ3n) is 3.56. The predicted molar refractivity (Wildman–Crippen MR) is 85.9 cm³/mol. The van der Waals surface area contributed by atoms with Gasteiger partial charge < -0.3 is 4.42 Å². The molecule has 0 saturated carbocycles. The number of fused-ring (bicyclic) bond motifs is 1. The molecule has 0 aliphatic heterocycles. The number of pyridine rings is 1. The SMILES string of the molecule is CCc1ccc2nc(C(C)C)cc(-c3n[nH]c(=S)o3)c2c1. The summed E-state index contributed by atoms with van der Waals surface area (Å²) in [4.78, 5) is 5.02. The van der Waals surface area contributed by atoms with E-state index in [4.69, 9.17) is 21.6 Å². The van der Waals surface area contributed by atoms with Gasteiger partial charge in [0.05, 0.1) is 5.52 Å². The molecular formula is C16H17N3OS. The fourth-order valence-corrected chi connectivity index (χ4v) is 2.46. The monoisotopic (exact) mass is 299 g/mol. The normalized spacial score (nSPS) is 11.4. The van der Waals surface area contributed by atoms with E-state index < -0.39 is 0 Å². The molecule has 0 aliphatic carbocycles. The maximum atomic E-state index is 5.51. The molecular weight excluding hydrogens is 282 g/mol. The van der Waals surface area contributed by atoms with Crippen molar-refractivity contribution in [2.24, 2.45) is 0 Å². The molecule has 0 aliphatic rings. The Hall–Kier alpha value is -2.01. The number of hydrogen-bond acceptors (Lipinski definition) is 4. The van der Waals surface area contributed by atoms with Crippen LogP contribution in [0.15, 0.2) is 28.7 Å². The summed E-state index contributed by atoms with van der Waals surface area (Å²) in [5.41, 5.74) is 4.17. The first-order valence-electron chi connectivity index (χ1n) is 7.08. The van der Waals surface area contributed by atoms with Gasteiger partial charge in [-0.3, -0.25) is 4.98 Å². The van der Waals surface area contributed by atoms with Crippen molar-refractivity contribution in [3.8, 4) is 11.5 Å². The minimum Gasteiger partial charge on any atom is -0.409 e. The van der Waals surface area contributed by atoms with Gasteiger partial charge in [-0.25, -0.2) is 5.10 Å². The molecule has 2 heterocycles. The van der Waals surface area contributed by atoms with Crippen LogP contribution < -0.4 is 0 Å². The summed E-state index contributed by atoms with van der Waals surface area (Å²) in [6.07, 6.45) is 0.977. The molecule has 5 heteroatoms. The molecule has 1 N–H and O–H groups in total. The Morgan fingerprint density at radius 1 is 1.29 bits per heavy atom. The largest absolute Gasteiger partial charge is 0.409 e. The fraction of sp³-hybridized carbons (Fsp3) is 0.312. The van der Waals surface area contributed by atoms with Gasteiger partial charge in [-0.2, -0.15) is 0 Å². The van der Waals surface area contributed by atoms with Gasteiger partial charge in [0.15, 0.2) is 0 Å². The van der Waals surface area contributed by atoms with Crippen molar-refractivity contribution >= 4 is 23.1 Å². The van der Waals surface area contributed by atoms with Gasteiger partial charge in [0, 0.05) is 16.6 Å². The highest BCUT2D eigenvalue weighted by molar-refractivity contribution is 7.71. The molecule has 0 amide bonds. The molecule has 0 saturated heterocycles. The average Bonchev–Trinajstić information content (AvgIpc) is 2.91. The lowest BCUT2D eigenvalue weighted by molar-refractivity contribution is 0.552. The molecule has 108 valence electrons. The second-order valence-electron chi connectivity index (χ2n) is 5.37. The highest BCUT2D eigenvalue weighted by Gasteiger charge is 2.14. The van der Waals surface area contributed by atoms with Crippen molar-refractivity contribution in [3.05, 3.63) is 40.4 Å². The average molecular weight is 299 g/mol. The second kappa shape index (κ2) is 5.41. The third kappa shape index (κ3) is 2.61. The summed E-state index contributed by atoms with van der Waals surface area (Å²) in [7, 11) is 0. The zero-order valence-electron chi connectivity index (χ0n) is 12.3. The number of rotatable bonds is 3. The van der Waals surface area contributed by atoms with Crippen LogP contribution in [0.4, 0.5) is 0 Å². The minimum atomic E-state index is 0.285. The number of nitrogens with one attached hydrogen (secondary N) is 1. The number of nitrogens with zero attached hydrogens (tertiary/aromatic N) is 2. The van der Waals surface area contributed by atoms with E-state index in [9.17, 15) is 0 Å². The molecule has 0 radical (unpaired) electrons. The zero-order valence-corrected chi connectivity index (χ0v) is 13.1. The van der Waals surface area contributed by atoms with E-state index in [2.05, 4.69) is 49.2 Å². The van der Waals surface area contributed by atoms with Crippen LogP contribution in [-0.4, -0.2) is 15.2 Å². The molecule has 0 fully saturated rings. The highest BCUT2D eigenvalue weighted by Crippen LogP contribution is 2.30. The van der Waals surface area contributed by atoms with E-state index in [0.717, 1.165) is 28.6 Å². The zero-order chi connectivity index (χ0) is 15.0. The molecule has 1 aromatic carbocycles. The Bertz CT molecular complexity index is 848. The van der Waals surface area contributed by atoms with Gasteiger partial charge in [0.2, 0.25) is 5.89 Å². The number of aromatic nitrogens is 3. The van der Waals surface area contributed by atoms with E-state index in [1.165, 1.54) is 5.56 Å². The first-order valence-corrected chi connectivity index (χ1v) is 7.48. The number of aryl methyl sites for hydroxylation is 1. The maximum absolute atomic E-state index is 5.51. The van der Waals surface area contributed by atoms with Crippen molar-refractivity contribution in [3.63, 3.8) is 0 Å². The van der Waals surface area contributed by atoms with Gasteiger partial charge in [0.1, 0.15) is 0 Å². The molecule has 3 aromatic rings. The Morgan fingerprint density at radius 3 is 2.71 bits per heavy atom. The van der Waals surface area contributed by atoms with Crippen molar-refractivity contribution in [1.29, 1.82) is 0 Å². The van der Waals surface area contributed by atoms with E-state index >= 15 is 0 Å². The number of hydrogen-bond donors (Lipinski definition) is 1. The van der Waals surface area contributed by atoms with Crippen molar-refractivity contribution in [2.75, 3.05) is 0 Å². The summed E-state index contributed by atoms with van der Waals surface area (Å²) >= 11 is 4.99. The molecule has 0 bridgehead atoms. The lowest BCUT2D eigenvalue weighted by Gasteiger charge is -2.10. The van der Waals surface area contributed by atoms with Crippen LogP contribution in [0, 0.1) is 4.84 Å². The second-order valence-corrected chi connectivity index (χ2v) is 5.74. The summed E-state index contributed by atoms with van der Waals surface area (Å²) in [5, 5.41) is 7.90.